The van der Waals surface area contributed by atoms with E-state index in [-0.39, 0.29) is 0 Å². The van der Waals surface area contributed by atoms with E-state index >= 15 is 0 Å². The Morgan fingerprint density at radius 1 is 1.03 bits per heavy atom. The summed E-state index contributed by atoms with van der Waals surface area (Å²) in [5, 5.41) is 4.33. The van der Waals surface area contributed by atoms with Gasteiger partial charge in [0.15, 0.2) is 5.89 Å². The first-order chi connectivity index (χ1) is 15.1. The fraction of sp³-hybridized carbons (Fsp3) is 0.400. The van der Waals surface area contributed by atoms with Crippen molar-refractivity contribution in [1.82, 2.24) is 15.2 Å². The van der Waals surface area contributed by atoms with Crippen molar-refractivity contribution in [1.29, 1.82) is 0 Å². The van der Waals surface area contributed by atoms with Gasteiger partial charge in [0.1, 0.15) is 11.5 Å². The number of anilines is 1. The summed E-state index contributed by atoms with van der Waals surface area (Å²) in [6.45, 7) is 11.1. The number of hydrogen-bond donors (Lipinski definition) is 1. The van der Waals surface area contributed by atoms with E-state index in [0.29, 0.717) is 12.4 Å². The molecule has 2 aromatic carbocycles. The maximum absolute atomic E-state index is 6.00. The zero-order valence-electron chi connectivity index (χ0n) is 18.4. The van der Waals surface area contributed by atoms with E-state index in [1.807, 2.05) is 19.1 Å². The van der Waals surface area contributed by atoms with Crippen LogP contribution in [-0.4, -0.2) is 49.2 Å². The summed E-state index contributed by atoms with van der Waals surface area (Å²) < 4.78 is 5.87. The van der Waals surface area contributed by atoms with E-state index in [1.54, 1.807) is 0 Å². The number of oxazole rings is 1. The molecule has 1 aliphatic heterocycles. The van der Waals surface area contributed by atoms with Crippen molar-refractivity contribution in [3.05, 3.63) is 70.8 Å². The molecular formula is C25H31ClN4O. The molecule has 0 atom stereocenters. The Bertz CT molecular complexity index is 977. The highest BCUT2D eigenvalue weighted by atomic mass is 35.5. The van der Waals surface area contributed by atoms with Gasteiger partial charge in [-0.15, -0.1) is 0 Å². The first-order valence-electron chi connectivity index (χ1n) is 11.1. The quantitative estimate of drug-likeness (QED) is 0.506. The van der Waals surface area contributed by atoms with Crippen LogP contribution in [0.1, 0.15) is 23.6 Å². The van der Waals surface area contributed by atoms with Crippen molar-refractivity contribution in [3.63, 3.8) is 0 Å². The van der Waals surface area contributed by atoms with Crippen LogP contribution in [0.25, 0.3) is 11.3 Å². The van der Waals surface area contributed by atoms with Gasteiger partial charge in [-0.2, -0.15) is 0 Å². The number of rotatable bonds is 8. The predicted molar refractivity (Wildman–Crippen MR) is 128 cm³/mol. The third-order valence-electron chi connectivity index (χ3n) is 5.77. The molecule has 1 aliphatic rings. The highest BCUT2D eigenvalue weighted by Crippen LogP contribution is 2.24. The number of hydrogen-bond acceptors (Lipinski definition) is 5. The molecule has 1 aromatic heterocycles. The minimum absolute atomic E-state index is 0.703. The highest BCUT2D eigenvalue weighted by molar-refractivity contribution is 6.30. The molecule has 0 saturated carbocycles. The normalized spacial score (nSPS) is 14.9. The number of aryl methyl sites for hydroxylation is 2. The fourth-order valence-electron chi connectivity index (χ4n) is 4.12. The van der Waals surface area contributed by atoms with Crippen molar-refractivity contribution in [2.45, 2.75) is 26.8 Å². The van der Waals surface area contributed by atoms with E-state index in [2.05, 4.69) is 63.4 Å². The van der Waals surface area contributed by atoms with Gasteiger partial charge in [0, 0.05) is 49.4 Å². The van der Waals surface area contributed by atoms with Crippen LogP contribution in [-0.2, 0) is 6.54 Å². The zero-order valence-corrected chi connectivity index (χ0v) is 19.2. The molecule has 3 aromatic rings. The van der Waals surface area contributed by atoms with Crippen molar-refractivity contribution in [2.75, 3.05) is 44.2 Å². The fourth-order valence-corrected chi connectivity index (χ4v) is 4.24. The molecule has 1 N–H and O–H groups in total. The van der Waals surface area contributed by atoms with E-state index in [4.69, 9.17) is 16.0 Å². The average molecular weight is 439 g/mol. The number of benzene rings is 2. The molecule has 0 bridgehead atoms. The summed E-state index contributed by atoms with van der Waals surface area (Å²) in [6.07, 6.45) is 1.12. The summed E-state index contributed by atoms with van der Waals surface area (Å²) in [5.74, 6) is 1.63. The van der Waals surface area contributed by atoms with Crippen LogP contribution < -0.4 is 10.2 Å². The molecule has 1 saturated heterocycles. The predicted octanol–water partition coefficient (Wildman–Crippen LogP) is 4.91. The summed E-state index contributed by atoms with van der Waals surface area (Å²) in [6, 6.07) is 16.6. The van der Waals surface area contributed by atoms with Gasteiger partial charge in [-0.05, 0) is 56.8 Å². The minimum Gasteiger partial charge on any atom is -0.444 e. The lowest BCUT2D eigenvalue weighted by molar-refractivity contribution is 0.253. The molecule has 164 valence electrons. The second-order valence-corrected chi connectivity index (χ2v) is 8.65. The Balaban J connectivity index is 1.19. The second-order valence-electron chi connectivity index (χ2n) is 8.21. The average Bonchev–Trinajstić information content (AvgIpc) is 3.15. The summed E-state index contributed by atoms with van der Waals surface area (Å²) in [5.41, 5.74) is 4.56. The maximum Gasteiger partial charge on any atom is 0.191 e. The monoisotopic (exact) mass is 438 g/mol. The first kappa shape index (κ1) is 21.9. The molecule has 0 unspecified atom stereocenters. The van der Waals surface area contributed by atoms with Crippen LogP contribution in [0.4, 0.5) is 5.69 Å². The zero-order chi connectivity index (χ0) is 21.6. The Hall–Kier alpha value is -2.34. The van der Waals surface area contributed by atoms with Gasteiger partial charge in [-0.25, -0.2) is 4.98 Å². The van der Waals surface area contributed by atoms with Crippen molar-refractivity contribution in [2.24, 2.45) is 0 Å². The highest BCUT2D eigenvalue weighted by Gasteiger charge is 2.17. The third-order valence-corrected chi connectivity index (χ3v) is 6.03. The van der Waals surface area contributed by atoms with Crippen molar-refractivity contribution >= 4 is 17.3 Å². The van der Waals surface area contributed by atoms with Crippen molar-refractivity contribution in [3.8, 4) is 11.3 Å². The summed E-state index contributed by atoms with van der Waals surface area (Å²) >= 11 is 6.00. The molecule has 0 radical (unpaired) electrons. The van der Waals surface area contributed by atoms with Gasteiger partial charge in [-0.1, -0.05) is 35.4 Å². The molecule has 0 aliphatic carbocycles. The number of nitrogens with one attached hydrogen (secondary N) is 1. The molecule has 0 spiro atoms. The molecule has 4 rings (SSSR count). The minimum atomic E-state index is 0.703. The van der Waals surface area contributed by atoms with Gasteiger partial charge in [0.25, 0.3) is 0 Å². The molecule has 31 heavy (non-hydrogen) atoms. The van der Waals surface area contributed by atoms with Gasteiger partial charge in [0.05, 0.1) is 6.54 Å². The largest absolute Gasteiger partial charge is 0.444 e. The molecule has 2 heterocycles. The number of aromatic nitrogens is 1. The molecule has 1 fully saturated rings. The van der Waals surface area contributed by atoms with E-state index < -0.39 is 0 Å². The van der Waals surface area contributed by atoms with Gasteiger partial charge in [-0.3, -0.25) is 4.90 Å². The molecule has 6 heteroatoms. The van der Waals surface area contributed by atoms with E-state index in [1.165, 1.54) is 11.3 Å². The third kappa shape index (κ3) is 5.88. The smallest absolute Gasteiger partial charge is 0.191 e. The molecule has 0 amide bonds. The summed E-state index contributed by atoms with van der Waals surface area (Å²) in [4.78, 5) is 9.59. The number of piperazine rings is 1. The Labute approximate surface area is 190 Å². The Morgan fingerprint density at radius 2 is 1.81 bits per heavy atom. The Kier molecular flexibility index (Phi) is 7.28. The van der Waals surface area contributed by atoms with Crippen LogP contribution in [0.3, 0.4) is 0 Å². The van der Waals surface area contributed by atoms with Gasteiger partial charge < -0.3 is 14.6 Å². The summed E-state index contributed by atoms with van der Waals surface area (Å²) in [7, 11) is 0. The first-order valence-corrected chi connectivity index (χ1v) is 11.4. The van der Waals surface area contributed by atoms with Crippen LogP contribution in [0.5, 0.6) is 0 Å². The van der Waals surface area contributed by atoms with Gasteiger partial charge in [0.2, 0.25) is 0 Å². The molecular weight excluding hydrogens is 408 g/mol. The van der Waals surface area contributed by atoms with Crippen molar-refractivity contribution < 1.29 is 4.42 Å². The maximum atomic E-state index is 6.00. The lowest BCUT2D eigenvalue weighted by Gasteiger charge is -2.36. The topological polar surface area (TPSA) is 44.5 Å². The second kappa shape index (κ2) is 10.3. The number of nitrogens with zero attached hydrogens (tertiary/aromatic N) is 3. The van der Waals surface area contributed by atoms with Crippen LogP contribution in [0.15, 0.2) is 52.9 Å². The van der Waals surface area contributed by atoms with E-state index in [0.717, 1.165) is 67.7 Å². The lowest BCUT2D eigenvalue weighted by Crippen LogP contribution is -2.46. The van der Waals surface area contributed by atoms with Crippen LogP contribution >= 0.6 is 11.6 Å². The molecule has 5 nitrogen and oxygen atoms in total. The van der Waals surface area contributed by atoms with E-state index in [9.17, 15) is 0 Å². The standard InChI is InChI=1S/C25H31ClN4O/c1-19-5-3-6-21(17-19)25-24(31-20(2)28-25)18-27-11-4-12-29-13-15-30(16-14-29)23-9-7-22(26)8-10-23/h3,5-10,17,27H,4,11-16,18H2,1-2H3. The number of halogens is 1. The SMILES string of the molecule is Cc1cccc(-c2nc(C)oc2CNCCCN2CCN(c3ccc(Cl)cc3)CC2)c1. The lowest BCUT2D eigenvalue weighted by atomic mass is 10.1. The van der Waals surface area contributed by atoms with Gasteiger partial charge >= 0.3 is 0 Å². The van der Waals surface area contributed by atoms with Crippen LogP contribution in [0.2, 0.25) is 5.02 Å². The Morgan fingerprint density at radius 3 is 2.55 bits per heavy atom. The van der Waals surface area contributed by atoms with Crippen LogP contribution in [0, 0.1) is 13.8 Å².